The van der Waals surface area contributed by atoms with Crippen molar-refractivity contribution in [2.45, 2.75) is 33.0 Å². The third-order valence-electron chi connectivity index (χ3n) is 4.41. The quantitative estimate of drug-likeness (QED) is 0.356. The van der Waals surface area contributed by atoms with E-state index in [0.717, 1.165) is 32.1 Å². The van der Waals surface area contributed by atoms with Crippen LogP contribution in [0.5, 0.6) is 0 Å². The van der Waals surface area contributed by atoms with Crippen LogP contribution in [0, 0.1) is 0 Å². The van der Waals surface area contributed by atoms with E-state index in [1.54, 1.807) is 0 Å². The van der Waals surface area contributed by atoms with Crippen LogP contribution in [0.3, 0.4) is 0 Å². The molecule has 1 N–H and O–H groups in total. The molecule has 6 nitrogen and oxygen atoms in total. The van der Waals surface area contributed by atoms with E-state index >= 15 is 0 Å². The highest BCUT2D eigenvalue weighted by molar-refractivity contribution is 14.0. The largest absolute Gasteiger partial charge is 0.357 e. The zero-order valence-electron chi connectivity index (χ0n) is 17.1. The number of aryl methyl sites for hydroxylation is 1. The molecule has 7 heteroatoms. The average Bonchev–Trinajstić information content (AvgIpc) is 3.03. The van der Waals surface area contributed by atoms with Crippen molar-refractivity contribution < 1.29 is 0 Å². The van der Waals surface area contributed by atoms with Gasteiger partial charge in [-0.25, -0.2) is 0 Å². The van der Waals surface area contributed by atoms with Crippen LogP contribution in [0.2, 0.25) is 0 Å². The minimum Gasteiger partial charge on any atom is -0.357 e. The van der Waals surface area contributed by atoms with Crippen molar-refractivity contribution in [1.29, 1.82) is 0 Å². The monoisotopic (exact) mass is 484 g/mol. The van der Waals surface area contributed by atoms with Gasteiger partial charge in [0.2, 0.25) is 0 Å². The zero-order chi connectivity index (χ0) is 18.9. The summed E-state index contributed by atoms with van der Waals surface area (Å²) in [6.07, 6.45) is 3.94. The molecule has 1 aromatic heterocycles. The predicted octanol–water partition coefficient (Wildman–Crippen LogP) is 2.96. The van der Waals surface area contributed by atoms with Crippen molar-refractivity contribution in [3.05, 3.63) is 53.9 Å². The minimum absolute atomic E-state index is 0. The molecule has 0 saturated carbocycles. The fourth-order valence-corrected chi connectivity index (χ4v) is 2.76. The fourth-order valence-electron chi connectivity index (χ4n) is 2.76. The SMILES string of the molecule is CCNC(=NCC(C)N(C)Cc1ccccc1)N(C)Cc1cnn(C)c1.I. The first-order valence-electron chi connectivity index (χ1n) is 9.20. The molecule has 1 aromatic carbocycles. The topological polar surface area (TPSA) is 48.7 Å². The van der Waals surface area contributed by atoms with Crippen LogP contribution in [-0.4, -0.2) is 58.8 Å². The molecule has 0 spiro atoms. The number of rotatable bonds is 8. The molecule has 0 amide bonds. The summed E-state index contributed by atoms with van der Waals surface area (Å²) in [6.45, 7) is 7.64. The maximum absolute atomic E-state index is 4.84. The molecule has 0 saturated heterocycles. The van der Waals surface area contributed by atoms with Gasteiger partial charge in [0.1, 0.15) is 0 Å². The third-order valence-corrected chi connectivity index (χ3v) is 4.41. The number of benzene rings is 1. The number of nitrogens with zero attached hydrogens (tertiary/aromatic N) is 5. The second-order valence-corrected chi connectivity index (χ2v) is 6.82. The third kappa shape index (κ3) is 7.88. The highest BCUT2D eigenvalue weighted by atomic mass is 127. The van der Waals surface area contributed by atoms with Crippen LogP contribution >= 0.6 is 24.0 Å². The van der Waals surface area contributed by atoms with E-state index in [2.05, 4.69) is 78.5 Å². The molecule has 0 bridgehead atoms. The first-order valence-corrected chi connectivity index (χ1v) is 9.20. The molecule has 0 aliphatic carbocycles. The number of guanidine groups is 1. The molecule has 0 aliphatic heterocycles. The Labute approximate surface area is 180 Å². The number of aromatic nitrogens is 2. The van der Waals surface area contributed by atoms with E-state index in [-0.39, 0.29) is 24.0 Å². The molecule has 1 atom stereocenters. The molecule has 2 rings (SSSR count). The van der Waals surface area contributed by atoms with E-state index in [9.17, 15) is 0 Å². The Kier molecular flexibility index (Phi) is 10.4. The number of hydrogen-bond donors (Lipinski definition) is 1. The number of hydrogen-bond acceptors (Lipinski definition) is 3. The van der Waals surface area contributed by atoms with Crippen LogP contribution in [0.1, 0.15) is 25.0 Å². The summed E-state index contributed by atoms with van der Waals surface area (Å²) in [5, 5.41) is 7.62. The van der Waals surface area contributed by atoms with Gasteiger partial charge in [0.25, 0.3) is 0 Å². The van der Waals surface area contributed by atoms with Crippen molar-refractivity contribution in [3.63, 3.8) is 0 Å². The van der Waals surface area contributed by atoms with Gasteiger partial charge in [0.05, 0.1) is 12.7 Å². The second kappa shape index (κ2) is 12.0. The van der Waals surface area contributed by atoms with Gasteiger partial charge >= 0.3 is 0 Å². The predicted molar refractivity (Wildman–Crippen MR) is 123 cm³/mol. The van der Waals surface area contributed by atoms with Crippen molar-refractivity contribution in [2.75, 3.05) is 27.2 Å². The zero-order valence-corrected chi connectivity index (χ0v) is 19.4. The van der Waals surface area contributed by atoms with E-state index < -0.39 is 0 Å². The van der Waals surface area contributed by atoms with Gasteiger partial charge in [-0.2, -0.15) is 5.10 Å². The van der Waals surface area contributed by atoms with E-state index in [0.29, 0.717) is 6.04 Å². The second-order valence-electron chi connectivity index (χ2n) is 6.82. The number of halogens is 1. The highest BCUT2D eigenvalue weighted by Crippen LogP contribution is 2.07. The Hall–Kier alpha value is -1.61. The molecule has 1 heterocycles. The Morgan fingerprint density at radius 1 is 1.19 bits per heavy atom. The lowest BCUT2D eigenvalue weighted by molar-refractivity contribution is 0.254. The lowest BCUT2D eigenvalue weighted by Gasteiger charge is -2.25. The summed E-state index contributed by atoms with van der Waals surface area (Å²) in [6, 6.07) is 10.9. The molecule has 0 aliphatic rings. The van der Waals surface area contributed by atoms with Gasteiger partial charge in [-0.3, -0.25) is 14.6 Å². The van der Waals surface area contributed by atoms with Crippen LogP contribution in [0.15, 0.2) is 47.7 Å². The summed E-state index contributed by atoms with van der Waals surface area (Å²) in [5.41, 5.74) is 2.50. The summed E-state index contributed by atoms with van der Waals surface area (Å²) < 4.78 is 1.83. The lowest BCUT2D eigenvalue weighted by Crippen LogP contribution is -2.40. The fraction of sp³-hybridized carbons (Fsp3) is 0.500. The van der Waals surface area contributed by atoms with Crippen LogP contribution in [-0.2, 0) is 20.1 Å². The molecule has 27 heavy (non-hydrogen) atoms. The van der Waals surface area contributed by atoms with Crippen LogP contribution in [0.25, 0.3) is 0 Å². The summed E-state index contributed by atoms with van der Waals surface area (Å²) >= 11 is 0. The maximum atomic E-state index is 4.84. The smallest absolute Gasteiger partial charge is 0.194 e. The summed E-state index contributed by atoms with van der Waals surface area (Å²) in [5.74, 6) is 0.927. The Balaban J connectivity index is 0.00000364. The van der Waals surface area contributed by atoms with Gasteiger partial charge < -0.3 is 10.2 Å². The van der Waals surface area contributed by atoms with Gasteiger partial charge in [-0.1, -0.05) is 30.3 Å². The van der Waals surface area contributed by atoms with Crippen molar-refractivity contribution in [3.8, 4) is 0 Å². The van der Waals surface area contributed by atoms with Gasteiger partial charge in [0.15, 0.2) is 5.96 Å². The van der Waals surface area contributed by atoms with Crippen LogP contribution < -0.4 is 5.32 Å². The average molecular weight is 484 g/mol. The first kappa shape index (κ1) is 23.4. The van der Waals surface area contributed by atoms with Crippen molar-refractivity contribution in [2.24, 2.45) is 12.0 Å². The first-order chi connectivity index (χ1) is 12.5. The molecule has 0 fully saturated rings. The Bertz CT molecular complexity index is 685. The summed E-state index contributed by atoms with van der Waals surface area (Å²) in [7, 11) is 6.15. The standard InChI is InChI=1S/C20H32N6.HI/c1-6-21-20(25(4)15-19-13-23-26(5)16-19)22-12-17(2)24(3)14-18-10-8-7-9-11-18;/h7-11,13,16-17H,6,12,14-15H2,1-5H3,(H,21,22);1H. The van der Waals surface area contributed by atoms with Gasteiger partial charge in [-0.15, -0.1) is 24.0 Å². The lowest BCUT2D eigenvalue weighted by atomic mass is 10.2. The highest BCUT2D eigenvalue weighted by Gasteiger charge is 2.12. The van der Waals surface area contributed by atoms with Crippen molar-refractivity contribution >= 4 is 29.9 Å². The Morgan fingerprint density at radius 2 is 1.89 bits per heavy atom. The minimum atomic E-state index is 0. The van der Waals surface area contributed by atoms with E-state index in [1.807, 2.05) is 24.1 Å². The molecule has 2 aromatic rings. The normalized spacial score (nSPS) is 12.6. The molecule has 150 valence electrons. The number of likely N-dealkylation sites (N-methyl/N-ethyl adjacent to an activating group) is 1. The van der Waals surface area contributed by atoms with E-state index in [4.69, 9.17) is 4.99 Å². The Morgan fingerprint density at radius 3 is 2.48 bits per heavy atom. The molecule has 1 unspecified atom stereocenters. The molecular formula is C20H33IN6. The molecule has 0 radical (unpaired) electrons. The maximum Gasteiger partial charge on any atom is 0.194 e. The van der Waals surface area contributed by atoms with E-state index in [1.165, 1.54) is 11.1 Å². The van der Waals surface area contributed by atoms with Crippen LogP contribution in [0.4, 0.5) is 0 Å². The number of aliphatic imine (C=N–C) groups is 1. The summed E-state index contributed by atoms with van der Waals surface area (Å²) in [4.78, 5) is 9.32. The van der Waals surface area contributed by atoms with Crippen molar-refractivity contribution in [1.82, 2.24) is 24.9 Å². The van der Waals surface area contributed by atoms with Gasteiger partial charge in [0, 0.05) is 51.5 Å². The molecular weight excluding hydrogens is 451 g/mol. The number of nitrogens with one attached hydrogen (secondary N) is 1. The van der Waals surface area contributed by atoms with Gasteiger partial charge in [-0.05, 0) is 26.5 Å².